The molecule has 9 atom stereocenters. The third-order valence-corrected chi connectivity index (χ3v) is 15.3. The predicted molar refractivity (Wildman–Crippen MR) is 200 cm³/mol. The van der Waals surface area contributed by atoms with Crippen molar-refractivity contribution in [2.45, 2.75) is 111 Å². The van der Waals surface area contributed by atoms with Crippen LogP contribution in [0.5, 0.6) is 0 Å². The normalized spacial score (nSPS) is 39.3. The number of nitrogens with one attached hydrogen (secondary N) is 1. The van der Waals surface area contributed by atoms with Crippen LogP contribution in [0.25, 0.3) is 5.57 Å². The number of aromatic carboxylic acids is 1. The van der Waals surface area contributed by atoms with Crippen molar-refractivity contribution in [3.05, 3.63) is 78.2 Å². The number of nitrogens with zero attached hydrogens (tertiary/aromatic N) is 1. The van der Waals surface area contributed by atoms with Crippen molar-refractivity contribution in [1.82, 2.24) is 5.32 Å². The van der Waals surface area contributed by atoms with Gasteiger partial charge in [0, 0.05) is 17.5 Å². The minimum absolute atomic E-state index is 0.0199. The van der Waals surface area contributed by atoms with E-state index in [0.29, 0.717) is 40.9 Å². The summed E-state index contributed by atoms with van der Waals surface area (Å²) >= 11 is 0. The Morgan fingerprint density at radius 1 is 0.959 bits per heavy atom. The Morgan fingerprint density at radius 3 is 2.33 bits per heavy atom. The van der Waals surface area contributed by atoms with Crippen LogP contribution in [0.4, 0.5) is 0 Å². The molecular formula is C43H59N3O3. The molecular weight excluding hydrogens is 606 g/mol. The highest BCUT2D eigenvalue weighted by atomic mass is 16.4. The van der Waals surface area contributed by atoms with E-state index in [0.717, 1.165) is 37.7 Å². The lowest BCUT2D eigenvalue weighted by Gasteiger charge is -2.72. The lowest BCUT2D eigenvalue weighted by molar-refractivity contribution is -0.219. The third kappa shape index (κ3) is 5.47. The van der Waals surface area contributed by atoms with Crippen LogP contribution in [-0.2, 0) is 4.79 Å². The molecule has 5 aliphatic rings. The van der Waals surface area contributed by atoms with Gasteiger partial charge in [0.15, 0.2) is 0 Å². The van der Waals surface area contributed by atoms with E-state index < -0.39 is 5.97 Å². The summed E-state index contributed by atoms with van der Waals surface area (Å²) in [5, 5.41) is 13.1. The Hall–Kier alpha value is -3.41. The molecule has 0 aromatic heterocycles. The van der Waals surface area contributed by atoms with Crippen molar-refractivity contribution in [2.75, 3.05) is 0 Å². The van der Waals surface area contributed by atoms with E-state index in [-0.39, 0.29) is 39.5 Å². The van der Waals surface area contributed by atoms with Crippen molar-refractivity contribution in [3.8, 4) is 0 Å². The van der Waals surface area contributed by atoms with E-state index in [1.54, 1.807) is 24.4 Å². The van der Waals surface area contributed by atoms with Gasteiger partial charge in [-0.1, -0.05) is 71.6 Å². The summed E-state index contributed by atoms with van der Waals surface area (Å²) in [4.78, 5) is 29.4. The van der Waals surface area contributed by atoms with Crippen LogP contribution >= 0.6 is 0 Å². The molecule has 6 nitrogen and oxygen atoms in total. The quantitative estimate of drug-likeness (QED) is 0.190. The maximum atomic E-state index is 13.6. The molecule has 6 heteroatoms. The van der Waals surface area contributed by atoms with Crippen LogP contribution in [0, 0.1) is 51.2 Å². The van der Waals surface area contributed by atoms with E-state index in [2.05, 4.69) is 71.1 Å². The number of benzene rings is 1. The fraction of sp³-hybridized carbons (Fsp3) is 0.605. The van der Waals surface area contributed by atoms with Crippen LogP contribution in [-0.4, -0.2) is 28.7 Å². The van der Waals surface area contributed by atoms with E-state index >= 15 is 0 Å². The van der Waals surface area contributed by atoms with Crippen LogP contribution in [0.2, 0.25) is 0 Å². The Morgan fingerprint density at radius 2 is 1.67 bits per heavy atom. The van der Waals surface area contributed by atoms with E-state index in [4.69, 9.17) is 5.73 Å². The number of carbonyl (C=O) groups is 2. The number of hydrogen-bond acceptors (Lipinski definition) is 4. The minimum atomic E-state index is -0.881. The predicted octanol–water partition coefficient (Wildman–Crippen LogP) is 9.35. The maximum Gasteiger partial charge on any atom is 0.335 e. The molecule has 3 unspecified atom stereocenters. The van der Waals surface area contributed by atoms with Gasteiger partial charge in [0.05, 0.1) is 12.0 Å². The maximum absolute atomic E-state index is 13.6. The standard InChI is InChI=1S/C43H59N3O3/c1-27(2)31-16-21-43(46-36(47)26-28(3)45-25-9-24-44)23-22-41(7)33(37(31)43)14-15-35-40(6)19-17-32(29-10-12-30(13-11-29)38(48)49)39(4,5)34(40)18-20-42(35,41)8/h9-13,17,24-25,31,33-35,37H,1,3,14-16,18-23,26,44H2,2,4-8H3,(H,46,47)(H,48,49)/b24-9-,45-25?/t31-,33+,34?,35?,37?,40-,41+,42+,43-/m0/s1. The second-order valence-electron chi connectivity index (χ2n) is 17.7. The zero-order chi connectivity index (χ0) is 35.6. The van der Waals surface area contributed by atoms with E-state index in [1.165, 1.54) is 43.0 Å². The Labute approximate surface area is 294 Å². The Balaban J connectivity index is 1.30. The highest BCUT2D eigenvalue weighted by Crippen LogP contribution is 2.76. The fourth-order valence-electron chi connectivity index (χ4n) is 13.0. The van der Waals surface area contributed by atoms with Gasteiger partial charge in [-0.3, -0.25) is 9.79 Å². The summed E-state index contributed by atoms with van der Waals surface area (Å²) in [5.74, 6) is 1.63. The van der Waals surface area contributed by atoms with Gasteiger partial charge in [-0.15, -0.1) is 0 Å². The molecule has 4 N–H and O–H groups in total. The first-order valence-corrected chi connectivity index (χ1v) is 18.6. The lowest BCUT2D eigenvalue weighted by atomic mass is 9.33. The molecule has 0 heterocycles. The Kier molecular flexibility index (Phi) is 8.98. The van der Waals surface area contributed by atoms with E-state index in [1.807, 2.05) is 12.1 Å². The van der Waals surface area contributed by atoms with Gasteiger partial charge in [0.2, 0.25) is 5.91 Å². The summed E-state index contributed by atoms with van der Waals surface area (Å²) in [7, 11) is 0. The first-order chi connectivity index (χ1) is 23.0. The number of aliphatic imine (C=N–C) groups is 1. The van der Waals surface area contributed by atoms with Crippen LogP contribution < -0.4 is 11.1 Å². The SMILES string of the molecule is C=C(CC(=O)N[C@]12CC[C@@H](C(=C)C)C1[C@H]1CCC3[C@@]4(C)CC=C(c5ccc(C(=O)O)cc5)C(C)(C)C4CC[C@@]3(C)[C@]1(C)CC2)N=C/C=C\N. The molecule has 0 saturated heterocycles. The van der Waals surface area contributed by atoms with Gasteiger partial charge in [-0.2, -0.15) is 0 Å². The highest BCUT2D eigenvalue weighted by molar-refractivity contribution is 5.88. The number of fused-ring (bicyclic) bond motifs is 7. The number of carbonyl (C=O) groups excluding carboxylic acids is 1. The highest BCUT2D eigenvalue weighted by Gasteiger charge is 2.70. The molecule has 1 amide bonds. The van der Waals surface area contributed by atoms with Crippen molar-refractivity contribution in [3.63, 3.8) is 0 Å². The van der Waals surface area contributed by atoms with Crippen molar-refractivity contribution >= 4 is 23.7 Å². The zero-order valence-corrected chi connectivity index (χ0v) is 30.8. The summed E-state index contributed by atoms with van der Waals surface area (Å²) < 4.78 is 0. The molecule has 1 aromatic carbocycles. The lowest BCUT2D eigenvalue weighted by Crippen LogP contribution is -2.68. The summed E-state index contributed by atoms with van der Waals surface area (Å²) in [6, 6.07) is 7.52. The second-order valence-corrected chi connectivity index (χ2v) is 17.7. The van der Waals surface area contributed by atoms with Gasteiger partial charge < -0.3 is 16.2 Å². The van der Waals surface area contributed by atoms with Crippen molar-refractivity contribution in [2.24, 2.45) is 62.0 Å². The monoisotopic (exact) mass is 665 g/mol. The number of allylic oxidation sites excluding steroid dienone is 4. The number of carboxylic acids is 1. The van der Waals surface area contributed by atoms with E-state index in [9.17, 15) is 14.7 Å². The summed E-state index contributed by atoms with van der Waals surface area (Å²) in [5.41, 5.74) is 10.4. The average Bonchev–Trinajstić information content (AvgIpc) is 3.41. The number of rotatable bonds is 8. The smallest absolute Gasteiger partial charge is 0.335 e. The molecule has 49 heavy (non-hydrogen) atoms. The second kappa shape index (κ2) is 12.4. The number of nitrogens with two attached hydrogens (primary N) is 1. The molecule has 0 bridgehead atoms. The Bertz CT molecular complexity index is 1620. The summed E-state index contributed by atoms with van der Waals surface area (Å²) in [6.07, 6.45) is 17.5. The van der Waals surface area contributed by atoms with Gasteiger partial charge in [-0.05, 0) is 152 Å². The summed E-state index contributed by atoms with van der Waals surface area (Å²) in [6.45, 7) is 23.5. The van der Waals surface area contributed by atoms with Crippen LogP contribution in [0.1, 0.15) is 122 Å². The number of carboxylic acid groups (broad SMARTS) is 1. The molecule has 4 saturated carbocycles. The van der Waals surface area contributed by atoms with Gasteiger partial charge >= 0.3 is 5.97 Å². The average molecular weight is 666 g/mol. The first-order valence-electron chi connectivity index (χ1n) is 18.6. The largest absolute Gasteiger partial charge is 0.478 e. The van der Waals surface area contributed by atoms with Crippen molar-refractivity contribution < 1.29 is 14.7 Å². The molecule has 5 aliphatic carbocycles. The van der Waals surface area contributed by atoms with Gasteiger partial charge in [0.1, 0.15) is 0 Å². The molecule has 1 aromatic rings. The first kappa shape index (κ1) is 35.4. The van der Waals surface area contributed by atoms with Crippen LogP contribution in [0.3, 0.4) is 0 Å². The molecule has 6 rings (SSSR count). The third-order valence-electron chi connectivity index (χ3n) is 15.3. The fourth-order valence-corrected chi connectivity index (χ4v) is 13.0. The minimum Gasteiger partial charge on any atom is -0.478 e. The van der Waals surface area contributed by atoms with Gasteiger partial charge in [0.25, 0.3) is 0 Å². The van der Waals surface area contributed by atoms with Crippen molar-refractivity contribution in [1.29, 1.82) is 0 Å². The number of amides is 1. The molecule has 0 spiro atoms. The molecule has 0 aliphatic heterocycles. The molecule has 264 valence electrons. The molecule has 0 radical (unpaired) electrons. The van der Waals surface area contributed by atoms with Gasteiger partial charge in [-0.25, -0.2) is 4.79 Å². The molecule has 4 fully saturated rings. The zero-order valence-electron chi connectivity index (χ0n) is 30.8. The number of hydrogen-bond donors (Lipinski definition) is 3. The van der Waals surface area contributed by atoms with Crippen LogP contribution in [0.15, 0.2) is 72.0 Å². The topological polar surface area (TPSA) is 105 Å².